The van der Waals surface area contributed by atoms with Crippen molar-refractivity contribution in [3.05, 3.63) is 179 Å². The Morgan fingerprint density at radius 3 is 0.758 bits per heavy atom. The maximum Gasteiger partial charge on any atom is 0.0922 e. The Balaban J connectivity index is 0.830. The highest BCUT2D eigenvalue weighted by Gasteiger charge is 2.63. The first-order valence-electron chi connectivity index (χ1n) is 25.0. The average Bonchev–Trinajstić information content (AvgIpc) is 3.91. The standard InChI is InChI=1S/C60H60N6/c1-3-9-55-53(7-1)61-37-41-13-21-45(22-14-41)46-23-15-42(16-24-46)38-62-54-8-2-4-10-56(54)64-40-44-19-27-48(28-20-44)50-31-35-52(36-32-50)60-65-57-11-5-6-12-58(57)66(60)59(65)51-33-29-49(30-34-51)47-25-17-43(18-26-47)39-63-55/h13-40,53-60H,1-12H2/t53-,54-,55-,56-,57-,58-,59?,60?/m1/s1. The summed E-state index contributed by atoms with van der Waals surface area (Å²) in [7, 11) is 0. The van der Waals surface area contributed by atoms with E-state index in [1.54, 1.807) is 0 Å². The average molecular weight is 865 g/mol. The van der Waals surface area contributed by atoms with Gasteiger partial charge in [-0.1, -0.05) is 184 Å². The SMILES string of the molecule is C1=N[C@@H]2CCCC[C@H]2N=Cc2ccc(cc2)-c2ccc(cc2)C2N3C(c4ccc(cc4)-c4ccc(cc4)C=N[C@@H]4CCCC[C@H]4N=Cc4ccc(cc4)-c4ccc1cc4)N2[C@@H]1CCCC[C@H]13. The van der Waals surface area contributed by atoms with Crippen LogP contribution >= 0.6 is 0 Å². The van der Waals surface area contributed by atoms with E-state index in [2.05, 4.69) is 180 Å². The summed E-state index contributed by atoms with van der Waals surface area (Å²) in [5.74, 6) is 0. The fourth-order valence-electron chi connectivity index (χ4n) is 12.1. The summed E-state index contributed by atoms with van der Waals surface area (Å²) in [5, 5.41) is 0. The highest BCUT2D eigenvalue weighted by atomic mass is 15.6. The molecule has 12 aliphatic heterocycles. The molecule has 0 radical (unpaired) electrons. The van der Waals surface area contributed by atoms with Gasteiger partial charge < -0.3 is 0 Å². The summed E-state index contributed by atoms with van der Waals surface area (Å²) in [6, 6.07) is 56.4. The molecule has 330 valence electrons. The lowest BCUT2D eigenvalue weighted by Gasteiger charge is -2.51. The predicted octanol–water partition coefficient (Wildman–Crippen LogP) is 13.3. The van der Waals surface area contributed by atoms with E-state index in [0.717, 1.165) is 47.9 Å². The fraction of sp³-hybridized carbons (Fsp3) is 0.333. The molecule has 12 heterocycles. The Morgan fingerprint density at radius 1 is 0.273 bits per heavy atom. The molecule has 3 saturated carbocycles. The molecule has 16 bridgehead atoms. The van der Waals surface area contributed by atoms with Crippen molar-refractivity contribution >= 4 is 24.9 Å². The zero-order valence-electron chi connectivity index (χ0n) is 38.0. The van der Waals surface area contributed by atoms with Gasteiger partial charge in [0, 0.05) is 36.9 Å². The van der Waals surface area contributed by atoms with Crippen LogP contribution in [0.15, 0.2) is 166 Å². The van der Waals surface area contributed by atoms with Crippen molar-refractivity contribution in [3.8, 4) is 33.4 Å². The number of benzene rings is 6. The van der Waals surface area contributed by atoms with E-state index in [0.29, 0.717) is 24.4 Å². The van der Waals surface area contributed by atoms with Gasteiger partial charge in [0.25, 0.3) is 0 Å². The van der Waals surface area contributed by atoms with Crippen molar-refractivity contribution in [2.45, 2.75) is 126 Å². The third-order valence-electron chi connectivity index (χ3n) is 15.7. The number of aliphatic imine (C=N–C) groups is 4. The van der Waals surface area contributed by atoms with Crippen molar-refractivity contribution < 1.29 is 0 Å². The van der Waals surface area contributed by atoms with Crippen LogP contribution in [0.2, 0.25) is 0 Å². The Bertz CT molecular complexity index is 2530. The van der Waals surface area contributed by atoms with Gasteiger partial charge in [0.15, 0.2) is 0 Å². The predicted molar refractivity (Wildman–Crippen MR) is 273 cm³/mol. The normalized spacial score (nSPS) is 28.8. The lowest BCUT2D eigenvalue weighted by molar-refractivity contribution is -0.122. The molecule has 3 aliphatic carbocycles. The molecule has 66 heavy (non-hydrogen) atoms. The van der Waals surface area contributed by atoms with Gasteiger partial charge in [-0.2, -0.15) is 0 Å². The van der Waals surface area contributed by atoms with Gasteiger partial charge in [-0.15, -0.1) is 0 Å². The van der Waals surface area contributed by atoms with E-state index in [9.17, 15) is 0 Å². The molecule has 21 rings (SSSR count). The van der Waals surface area contributed by atoms with E-state index >= 15 is 0 Å². The number of fused-ring (bicyclic) bond motifs is 2. The summed E-state index contributed by atoms with van der Waals surface area (Å²) in [6.45, 7) is 0. The Kier molecular flexibility index (Phi) is 11.5. The van der Waals surface area contributed by atoms with Crippen molar-refractivity contribution in [2.75, 3.05) is 0 Å². The van der Waals surface area contributed by atoms with Gasteiger partial charge in [0.2, 0.25) is 0 Å². The lowest BCUT2D eigenvalue weighted by Crippen LogP contribution is -2.52. The van der Waals surface area contributed by atoms with Crippen molar-refractivity contribution in [1.82, 2.24) is 9.80 Å². The van der Waals surface area contributed by atoms with Crippen molar-refractivity contribution in [1.29, 1.82) is 0 Å². The molecular formula is C60H60N6. The first-order valence-corrected chi connectivity index (χ1v) is 25.0. The van der Waals surface area contributed by atoms with Gasteiger partial charge >= 0.3 is 0 Å². The number of rotatable bonds is 0. The fourth-order valence-corrected chi connectivity index (χ4v) is 12.1. The van der Waals surface area contributed by atoms with Crippen LogP contribution in [0.1, 0.15) is 123 Å². The van der Waals surface area contributed by atoms with Gasteiger partial charge in [0.1, 0.15) is 0 Å². The molecular weight excluding hydrogens is 805 g/mol. The quantitative estimate of drug-likeness (QED) is 0.153. The van der Waals surface area contributed by atoms with Crippen molar-refractivity contribution in [3.63, 3.8) is 0 Å². The van der Waals surface area contributed by atoms with Gasteiger partial charge in [-0.3, -0.25) is 29.8 Å². The van der Waals surface area contributed by atoms with Crippen LogP contribution in [-0.2, 0) is 0 Å². The molecule has 0 aromatic heterocycles. The van der Waals surface area contributed by atoms with E-state index in [1.165, 1.54) is 95.9 Å². The zero-order chi connectivity index (χ0) is 43.8. The minimum atomic E-state index is 0.202. The largest absolute Gasteiger partial charge is 0.287 e. The maximum atomic E-state index is 5.14. The summed E-state index contributed by atoms with van der Waals surface area (Å²) in [4.78, 5) is 26.2. The van der Waals surface area contributed by atoms with Gasteiger partial charge in [-0.05, 0) is 105 Å². The van der Waals surface area contributed by atoms with Crippen LogP contribution in [-0.4, -0.2) is 70.9 Å². The number of hydrogen-bond acceptors (Lipinski definition) is 6. The summed E-state index contributed by atoms with van der Waals surface area (Å²) >= 11 is 0. The van der Waals surface area contributed by atoms with Crippen LogP contribution in [0, 0.1) is 0 Å². The molecule has 3 saturated heterocycles. The first-order chi connectivity index (χ1) is 32.7. The minimum Gasteiger partial charge on any atom is -0.287 e. The van der Waals surface area contributed by atoms with Crippen LogP contribution < -0.4 is 0 Å². The van der Waals surface area contributed by atoms with E-state index in [1.807, 2.05) is 0 Å². The molecule has 6 atom stereocenters. The second-order valence-electron chi connectivity index (χ2n) is 19.7. The van der Waals surface area contributed by atoms with Gasteiger partial charge in [-0.25, -0.2) is 0 Å². The van der Waals surface area contributed by atoms with Crippen LogP contribution in [0.4, 0.5) is 0 Å². The minimum absolute atomic E-state index is 0.202. The molecule has 6 fully saturated rings. The van der Waals surface area contributed by atoms with Crippen LogP contribution in [0.5, 0.6) is 0 Å². The Hall–Kier alpha value is -6.08. The van der Waals surface area contributed by atoms with E-state index in [-0.39, 0.29) is 24.2 Å². The van der Waals surface area contributed by atoms with Crippen molar-refractivity contribution in [2.24, 2.45) is 20.0 Å². The highest BCUT2D eigenvalue weighted by molar-refractivity contribution is 5.84. The summed E-state index contributed by atoms with van der Waals surface area (Å²) in [5.41, 5.74) is 14.8. The molecule has 6 aromatic carbocycles. The lowest BCUT2D eigenvalue weighted by atomic mass is 9.91. The molecule has 0 spiro atoms. The zero-order valence-corrected chi connectivity index (χ0v) is 38.0. The molecule has 6 aromatic rings. The van der Waals surface area contributed by atoms with Crippen LogP contribution in [0.25, 0.3) is 33.4 Å². The first kappa shape index (κ1) is 41.4. The third kappa shape index (κ3) is 8.24. The highest BCUT2D eigenvalue weighted by Crippen LogP contribution is 2.60. The van der Waals surface area contributed by atoms with E-state index in [4.69, 9.17) is 20.0 Å². The molecule has 6 heteroatoms. The Labute approximate surface area is 391 Å². The molecule has 0 unspecified atom stereocenters. The molecule has 15 aliphatic rings. The Morgan fingerprint density at radius 2 is 0.500 bits per heavy atom. The van der Waals surface area contributed by atoms with E-state index < -0.39 is 0 Å². The monoisotopic (exact) mass is 864 g/mol. The summed E-state index contributed by atoms with van der Waals surface area (Å²) < 4.78 is 0. The van der Waals surface area contributed by atoms with Crippen LogP contribution in [0.3, 0.4) is 0 Å². The topological polar surface area (TPSA) is 55.9 Å². The third-order valence-corrected chi connectivity index (χ3v) is 15.7. The summed E-state index contributed by atoms with van der Waals surface area (Å²) in [6.07, 6.45) is 23.3. The second kappa shape index (κ2) is 18.3. The molecule has 0 N–H and O–H groups in total. The molecule has 0 amide bonds. The number of hydrogen-bond donors (Lipinski definition) is 0. The molecule has 6 nitrogen and oxygen atoms in total. The maximum absolute atomic E-state index is 5.14. The van der Waals surface area contributed by atoms with Gasteiger partial charge in [0.05, 0.1) is 36.5 Å². The number of nitrogens with zero attached hydrogens (tertiary/aromatic N) is 6. The smallest absolute Gasteiger partial charge is 0.0922 e. The second-order valence-corrected chi connectivity index (χ2v) is 19.7.